The van der Waals surface area contributed by atoms with Crippen LogP contribution in [0.15, 0.2) is 53.5 Å². The monoisotopic (exact) mass is 297 g/mol. The summed E-state index contributed by atoms with van der Waals surface area (Å²) in [6.07, 6.45) is 4.39. The van der Waals surface area contributed by atoms with Gasteiger partial charge in [0.1, 0.15) is 5.52 Å². The van der Waals surface area contributed by atoms with Gasteiger partial charge in [0, 0.05) is 18.1 Å². The molecule has 1 amide bonds. The van der Waals surface area contributed by atoms with Gasteiger partial charge in [-0.25, -0.2) is 9.78 Å². The molecule has 0 atom stereocenters. The third kappa shape index (κ3) is 3.09. The number of hydrogen-bond donors (Lipinski definition) is 1. The Morgan fingerprint density at radius 1 is 1.18 bits per heavy atom. The van der Waals surface area contributed by atoms with Gasteiger partial charge in [-0.2, -0.15) is 0 Å². The zero-order valence-electron chi connectivity index (χ0n) is 11.4. The molecule has 7 heteroatoms. The van der Waals surface area contributed by atoms with Crippen molar-refractivity contribution < 1.29 is 18.7 Å². The number of ether oxygens (including phenoxy) is 1. The van der Waals surface area contributed by atoms with Crippen LogP contribution in [0.2, 0.25) is 0 Å². The van der Waals surface area contributed by atoms with E-state index in [2.05, 4.69) is 15.3 Å². The number of nitrogens with zero attached hydrogens (tertiary/aromatic N) is 2. The molecule has 7 nitrogen and oxygen atoms in total. The molecule has 0 radical (unpaired) electrons. The second-order valence-corrected chi connectivity index (χ2v) is 4.40. The molecule has 0 saturated carbocycles. The van der Waals surface area contributed by atoms with Crippen molar-refractivity contribution in [2.24, 2.45) is 0 Å². The molecule has 0 aliphatic heterocycles. The first kappa shape index (κ1) is 13.7. The summed E-state index contributed by atoms with van der Waals surface area (Å²) in [6.45, 7) is -0.377. The van der Waals surface area contributed by atoms with Crippen molar-refractivity contribution in [3.05, 3.63) is 54.7 Å². The predicted octanol–water partition coefficient (Wildman–Crippen LogP) is 2.02. The van der Waals surface area contributed by atoms with Crippen LogP contribution in [0.3, 0.4) is 0 Å². The zero-order chi connectivity index (χ0) is 15.4. The molecular weight excluding hydrogens is 286 g/mol. The lowest BCUT2D eigenvalue weighted by atomic mass is 10.2. The number of nitrogens with one attached hydrogen (secondary N) is 1. The molecule has 3 rings (SSSR count). The number of amides is 1. The van der Waals surface area contributed by atoms with Gasteiger partial charge in [0.15, 0.2) is 18.6 Å². The zero-order valence-corrected chi connectivity index (χ0v) is 11.4. The second kappa shape index (κ2) is 6.04. The van der Waals surface area contributed by atoms with Gasteiger partial charge in [-0.1, -0.05) is 0 Å². The predicted molar refractivity (Wildman–Crippen MR) is 77.2 cm³/mol. The Bertz CT molecular complexity index is 814. The van der Waals surface area contributed by atoms with E-state index in [0.29, 0.717) is 22.4 Å². The number of hydrogen-bond acceptors (Lipinski definition) is 6. The van der Waals surface area contributed by atoms with Crippen LogP contribution >= 0.6 is 0 Å². The van der Waals surface area contributed by atoms with Gasteiger partial charge >= 0.3 is 5.97 Å². The molecule has 0 bridgehead atoms. The average Bonchev–Trinajstić information content (AvgIpc) is 3.01. The molecule has 1 aromatic carbocycles. The van der Waals surface area contributed by atoms with Crippen LogP contribution in [0.1, 0.15) is 10.4 Å². The quantitative estimate of drug-likeness (QED) is 0.740. The van der Waals surface area contributed by atoms with E-state index in [1.165, 1.54) is 6.39 Å². The average molecular weight is 297 g/mol. The highest BCUT2D eigenvalue weighted by molar-refractivity contribution is 5.96. The summed E-state index contributed by atoms with van der Waals surface area (Å²) in [5.74, 6) is -1.03. The number of carbonyl (C=O) groups is 2. The Hall–Kier alpha value is -3.22. The molecule has 1 N–H and O–H groups in total. The van der Waals surface area contributed by atoms with Crippen LogP contribution in [0, 0.1) is 0 Å². The van der Waals surface area contributed by atoms with Gasteiger partial charge in [-0.05, 0) is 30.3 Å². The fourth-order valence-corrected chi connectivity index (χ4v) is 1.83. The molecule has 0 saturated heterocycles. The molecule has 110 valence electrons. The minimum Gasteiger partial charge on any atom is -0.452 e. The lowest BCUT2D eigenvalue weighted by Crippen LogP contribution is -2.20. The standard InChI is InChI=1S/C15H11N3O4/c19-14(18-11-3-5-16-6-4-11)8-21-15(20)10-1-2-13-12(7-10)17-9-22-13/h1-7,9H,8H2,(H,16,18,19). The lowest BCUT2D eigenvalue weighted by Gasteiger charge is -2.06. The van der Waals surface area contributed by atoms with Crippen LogP contribution in [0.4, 0.5) is 5.69 Å². The number of anilines is 1. The number of aromatic nitrogens is 2. The number of carbonyl (C=O) groups excluding carboxylic acids is 2. The van der Waals surface area contributed by atoms with Gasteiger partial charge in [0.2, 0.25) is 0 Å². The molecule has 2 aromatic heterocycles. The normalized spacial score (nSPS) is 10.4. The van der Waals surface area contributed by atoms with E-state index < -0.39 is 11.9 Å². The highest BCUT2D eigenvalue weighted by Gasteiger charge is 2.12. The Balaban J connectivity index is 1.58. The first-order valence-electron chi connectivity index (χ1n) is 6.42. The van der Waals surface area contributed by atoms with E-state index in [-0.39, 0.29) is 6.61 Å². The SMILES string of the molecule is O=C(COC(=O)c1ccc2ocnc2c1)Nc1ccncc1. The topological polar surface area (TPSA) is 94.3 Å². The van der Waals surface area contributed by atoms with Gasteiger partial charge in [-0.15, -0.1) is 0 Å². The van der Waals surface area contributed by atoms with Gasteiger partial charge in [0.25, 0.3) is 5.91 Å². The molecule has 0 fully saturated rings. The molecule has 0 aliphatic carbocycles. The number of esters is 1. The molecule has 2 heterocycles. The van der Waals surface area contributed by atoms with Crippen molar-refractivity contribution in [1.29, 1.82) is 0 Å². The molecule has 0 unspecified atom stereocenters. The summed E-state index contributed by atoms with van der Waals surface area (Å²) in [5.41, 5.74) is 2.01. The van der Waals surface area contributed by atoms with Crippen LogP contribution in [0.5, 0.6) is 0 Å². The number of oxazole rings is 1. The van der Waals surface area contributed by atoms with Gasteiger partial charge < -0.3 is 14.5 Å². The molecule has 0 aliphatic rings. The fraction of sp³-hybridized carbons (Fsp3) is 0.0667. The fourth-order valence-electron chi connectivity index (χ4n) is 1.83. The van der Waals surface area contributed by atoms with Gasteiger partial charge in [-0.3, -0.25) is 9.78 Å². The van der Waals surface area contributed by atoms with Crippen LogP contribution in [0.25, 0.3) is 11.1 Å². The Morgan fingerprint density at radius 3 is 2.82 bits per heavy atom. The third-order valence-corrected chi connectivity index (χ3v) is 2.86. The maximum Gasteiger partial charge on any atom is 0.338 e. The number of fused-ring (bicyclic) bond motifs is 1. The summed E-state index contributed by atoms with van der Waals surface area (Å²) in [5, 5.41) is 2.59. The lowest BCUT2D eigenvalue weighted by molar-refractivity contribution is -0.119. The Labute approximate surface area is 124 Å². The van der Waals surface area contributed by atoms with Gasteiger partial charge in [0.05, 0.1) is 5.56 Å². The Morgan fingerprint density at radius 2 is 2.00 bits per heavy atom. The summed E-state index contributed by atoms with van der Waals surface area (Å²) in [6, 6.07) is 7.99. The maximum absolute atomic E-state index is 11.9. The van der Waals surface area contributed by atoms with Crippen LogP contribution in [-0.4, -0.2) is 28.5 Å². The van der Waals surface area contributed by atoms with E-state index in [4.69, 9.17) is 9.15 Å². The van der Waals surface area contributed by atoms with E-state index in [1.54, 1.807) is 42.7 Å². The van der Waals surface area contributed by atoms with Crippen LogP contribution in [-0.2, 0) is 9.53 Å². The second-order valence-electron chi connectivity index (χ2n) is 4.40. The first-order valence-corrected chi connectivity index (χ1v) is 6.42. The summed E-state index contributed by atoms with van der Waals surface area (Å²) >= 11 is 0. The number of rotatable bonds is 4. The van der Waals surface area contributed by atoms with Crippen molar-refractivity contribution in [3.8, 4) is 0 Å². The summed E-state index contributed by atoms with van der Waals surface area (Å²) in [4.78, 5) is 31.4. The maximum atomic E-state index is 11.9. The molecule has 22 heavy (non-hydrogen) atoms. The Kier molecular flexibility index (Phi) is 3.78. The third-order valence-electron chi connectivity index (χ3n) is 2.86. The van der Waals surface area contributed by atoms with Crippen molar-refractivity contribution in [2.75, 3.05) is 11.9 Å². The van der Waals surface area contributed by atoms with Crippen LogP contribution < -0.4 is 5.32 Å². The van der Waals surface area contributed by atoms with E-state index in [9.17, 15) is 9.59 Å². The van der Waals surface area contributed by atoms with E-state index in [0.717, 1.165) is 0 Å². The van der Waals surface area contributed by atoms with Crippen molar-refractivity contribution in [1.82, 2.24) is 9.97 Å². The smallest absolute Gasteiger partial charge is 0.338 e. The highest BCUT2D eigenvalue weighted by Crippen LogP contribution is 2.14. The molecular formula is C15H11N3O4. The van der Waals surface area contributed by atoms with E-state index in [1.807, 2.05) is 0 Å². The van der Waals surface area contributed by atoms with E-state index >= 15 is 0 Å². The number of pyridine rings is 1. The molecule has 3 aromatic rings. The van der Waals surface area contributed by atoms with Crippen molar-refractivity contribution in [3.63, 3.8) is 0 Å². The first-order chi connectivity index (χ1) is 10.7. The van der Waals surface area contributed by atoms with Crippen molar-refractivity contribution >= 4 is 28.7 Å². The molecule has 0 spiro atoms. The summed E-state index contributed by atoms with van der Waals surface area (Å²) < 4.78 is 10.0. The highest BCUT2D eigenvalue weighted by atomic mass is 16.5. The largest absolute Gasteiger partial charge is 0.452 e. The summed E-state index contributed by atoms with van der Waals surface area (Å²) in [7, 11) is 0. The van der Waals surface area contributed by atoms with Crippen molar-refractivity contribution in [2.45, 2.75) is 0 Å². The number of benzene rings is 1. The minimum absolute atomic E-state index is 0.304. The minimum atomic E-state index is -0.602.